The molecular formula is C16H11ClF2N2O2. The average Bonchev–Trinajstić information content (AvgIpc) is 2.50. The molecule has 4 nitrogen and oxygen atoms in total. The van der Waals surface area contributed by atoms with Gasteiger partial charge < -0.3 is 5.32 Å². The molecule has 3 amide bonds. The van der Waals surface area contributed by atoms with E-state index in [-0.39, 0.29) is 10.4 Å². The second kappa shape index (κ2) is 3.24. The van der Waals surface area contributed by atoms with Crippen LogP contribution in [0.1, 0.15) is 10.4 Å². The molecule has 6 fully saturated rings. The van der Waals surface area contributed by atoms with Gasteiger partial charge in [0.15, 0.2) is 0 Å². The Labute approximate surface area is 134 Å². The van der Waals surface area contributed by atoms with Crippen LogP contribution in [0, 0.1) is 47.1 Å². The Bertz CT molecular complexity index is 768. The molecule has 7 rings (SSSR count). The van der Waals surface area contributed by atoms with E-state index in [2.05, 4.69) is 5.32 Å². The highest BCUT2D eigenvalue weighted by Gasteiger charge is 3.10. The predicted octanol–water partition coefficient (Wildman–Crippen LogP) is 1.89. The molecule has 6 aliphatic rings. The van der Waals surface area contributed by atoms with Crippen molar-refractivity contribution in [2.45, 2.75) is 10.4 Å². The molecule has 7 heteroatoms. The van der Waals surface area contributed by atoms with Crippen LogP contribution in [0.25, 0.3) is 0 Å². The summed E-state index contributed by atoms with van der Waals surface area (Å²) >= 11 is 6.52. The Morgan fingerprint density at radius 3 is 2.04 bits per heavy atom. The van der Waals surface area contributed by atoms with Crippen molar-refractivity contribution in [2.24, 2.45) is 35.5 Å². The van der Waals surface area contributed by atoms with E-state index < -0.39 is 29.1 Å². The molecule has 0 bridgehead atoms. The highest BCUT2D eigenvalue weighted by atomic mass is 35.5. The Hall–Kier alpha value is -1.69. The summed E-state index contributed by atoms with van der Waals surface area (Å²) in [4.78, 5) is 24.0. The van der Waals surface area contributed by atoms with Gasteiger partial charge in [-0.25, -0.2) is 13.6 Å². The fourth-order valence-electron chi connectivity index (χ4n) is 6.75. The van der Waals surface area contributed by atoms with E-state index in [4.69, 9.17) is 11.6 Å². The lowest BCUT2D eigenvalue weighted by molar-refractivity contribution is -0.561. The number of carbonyl (C=O) groups excluding carboxylic acids is 2. The van der Waals surface area contributed by atoms with Gasteiger partial charge in [0, 0.05) is 0 Å². The van der Waals surface area contributed by atoms with Crippen molar-refractivity contribution in [2.75, 3.05) is 0 Å². The summed E-state index contributed by atoms with van der Waals surface area (Å²) in [5, 5.41) is 4.93. The first-order chi connectivity index (χ1) is 10.9. The van der Waals surface area contributed by atoms with Crippen LogP contribution in [0.5, 0.6) is 0 Å². The zero-order valence-electron chi connectivity index (χ0n) is 11.6. The highest BCUT2D eigenvalue weighted by Crippen LogP contribution is 3.05. The summed E-state index contributed by atoms with van der Waals surface area (Å²) in [6.07, 6.45) is 0. The number of imide groups is 1. The lowest BCUT2D eigenvalue weighted by atomic mass is 8.98. The van der Waals surface area contributed by atoms with Gasteiger partial charge in [0.2, 0.25) is 0 Å². The van der Waals surface area contributed by atoms with E-state index >= 15 is 0 Å². The van der Waals surface area contributed by atoms with Crippen molar-refractivity contribution in [3.8, 4) is 0 Å². The number of rotatable bonds is 2. The monoisotopic (exact) mass is 336 g/mol. The molecule has 0 radical (unpaired) electrons. The number of hydrogen-bond acceptors (Lipinski definition) is 2. The number of hydrogen-bond donors (Lipinski definition) is 2. The van der Waals surface area contributed by atoms with E-state index in [1.807, 2.05) is 5.32 Å². The lowest BCUT2D eigenvalue weighted by Gasteiger charge is -3.09. The van der Waals surface area contributed by atoms with E-state index in [9.17, 15) is 18.4 Å². The summed E-state index contributed by atoms with van der Waals surface area (Å²) in [6, 6.07) is 2.44. The minimum absolute atomic E-state index is 0.0199. The number of halogens is 3. The van der Waals surface area contributed by atoms with Crippen LogP contribution in [0.2, 0.25) is 0 Å². The molecule has 1 aromatic carbocycles. The molecule has 0 aliphatic heterocycles. The van der Waals surface area contributed by atoms with Crippen molar-refractivity contribution in [3.05, 3.63) is 35.4 Å². The van der Waals surface area contributed by atoms with Crippen molar-refractivity contribution in [1.82, 2.24) is 10.6 Å². The molecule has 0 saturated heterocycles. The molecule has 0 spiro atoms. The lowest BCUT2D eigenvalue weighted by Crippen LogP contribution is -3.16. The summed E-state index contributed by atoms with van der Waals surface area (Å²) in [6.45, 7) is 0. The van der Waals surface area contributed by atoms with Crippen molar-refractivity contribution in [3.63, 3.8) is 0 Å². The molecule has 0 unspecified atom stereocenters. The fraction of sp³-hybridized carbons (Fsp3) is 0.500. The third kappa shape index (κ3) is 0.936. The number of carbonyl (C=O) groups is 2. The minimum atomic E-state index is -1.07. The Kier molecular flexibility index (Phi) is 1.79. The molecular weight excluding hydrogens is 326 g/mol. The van der Waals surface area contributed by atoms with E-state index in [1.54, 1.807) is 0 Å². The van der Waals surface area contributed by atoms with Crippen LogP contribution in [-0.4, -0.2) is 22.4 Å². The van der Waals surface area contributed by atoms with Crippen LogP contribution < -0.4 is 10.6 Å². The smallest absolute Gasteiger partial charge is 0.322 e. The van der Waals surface area contributed by atoms with Gasteiger partial charge in [-0.2, -0.15) is 0 Å². The van der Waals surface area contributed by atoms with Crippen molar-refractivity contribution in [1.29, 1.82) is 0 Å². The Morgan fingerprint density at radius 2 is 1.52 bits per heavy atom. The van der Waals surface area contributed by atoms with Gasteiger partial charge in [-0.05, 0) is 47.6 Å². The van der Waals surface area contributed by atoms with Gasteiger partial charge in [-0.1, -0.05) is 6.07 Å². The molecule has 2 N–H and O–H groups in total. The first kappa shape index (κ1) is 12.7. The zero-order chi connectivity index (χ0) is 15.9. The maximum atomic E-state index is 13.6. The summed E-state index contributed by atoms with van der Waals surface area (Å²) in [7, 11) is 0. The maximum absolute atomic E-state index is 13.6. The molecule has 6 aliphatic carbocycles. The number of nitrogens with one attached hydrogen (secondary N) is 2. The number of alkyl halides is 1. The fourth-order valence-corrected chi connectivity index (χ4v) is 7.57. The first-order valence-corrected chi connectivity index (χ1v) is 8.08. The summed E-state index contributed by atoms with van der Waals surface area (Å²) < 4.78 is 27.1. The molecule has 0 atom stereocenters. The second-order valence-electron chi connectivity index (χ2n) is 7.42. The van der Waals surface area contributed by atoms with Gasteiger partial charge >= 0.3 is 6.03 Å². The van der Waals surface area contributed by atoms with E-state index in [0.29, 0.717) is 35.5 Å². The van der Waals surface area contributed by atoms with E-state index in [1.165, 1.54) is 0 Å². The first-order valence-electron chi connectivity index (χ1n) is 7.70. The average molecular weight is 337 g/mol. The van der Waals surface area contributed by atoms with Gasteiger partial charge in [0.05, 0.1) is 10.4 Å². The molecule has 0 heterocycles. The normalized spacial score (nSPS) is 51.1. The quantitative estimate of drug-likeness (QED) is 0.810. The zero-order valence-corrected chi connectivity index (χ0v) is 12.4. The van der Waals surface area contributed by atoms with Crippen LogP contribution in [0.4, 0.5) is 13.6 Å². The molecule has 6 saturated carbocycles. The number of urea groups is 1. The minimum Gasteiger partial charge on any atom is -0.331 e. The van der Waals surface area contributed by atoms with Crippen LogP contribution in [-0.2, 0) is 0 Å². The third-order valence-corrected chi connectivity index (χ3v) is 8.01. The van der Waals surface area contributed by atoms with Crippen LogP contribution >= 0.6 is 11.6 Å². The van der Waals surface area contributed by atoms with Gasteiger partial charge in [-0.3, -0.25) is 10.1 Å². The van der Waals surface area contributed by atoms with E-state index in [0.717, 1.165) is 18.2 Å². The van der Waals surface area contributed by atoms with Gasteiger partial charge in [0.25, 0.3) is 5.91 Å². The van der Waals surface area contributed by atoms with Crippen LogP contribution in [0.15, 0.2) is 18.2 Å². The number of amides is 3. The predicted molar refractivity (Wildman–Crippen MR) is 74.6 cm³/mol. The third-order valence-electron chi connectivity index (χ3n) is 7.26. The topological polar surface area (TPSA) is 58.2 Å². The van der Waals surface area contributed by atoms with Gasteiger partial charge in [0.1, 0.15) is 17.2 Å². The van der Waals surface area contributed by atoms with Crippen LogP contribution in [0.3, 0.4) is 0 Å². The maximum Gasteiger partial charge on any atom is 0.322 e. The van der Waals surface area contributed by atoms with Crippen molar-refractivity contribution < 1.29 is 18.4 Å². The molecule has 1 aromatic rings. The highest BCUT2D eigenvalue weighted by molar-refractivity contribution is 6.28. The largest absolute Gasteiger partial charge is 0.331 e. The molecule has 118 valence electrons. The summed E-state index contributed by atoms with van der Waals surface area (Å²) in [5.74, 6) is -0.184. The Balaban J connectivity index is 1.18. The molecule has 0 aromatic heterocycles. The van der Waals surface area contributed by atoms with Crippen molar-refractivity contribution >= 4 is 23.5 Å². The van der Waals surface area contributed by atoms with Gasteiger partial charge in [-0.15, -0.1) is 11.6 Å². The summed E-state index contributed by atoms with van der Waals surface area (Å²) in [5.41, 5.74) is -0.939. The molecule has 23 heavy (non-hydrogen) atoms. The Morgan fingerprint density at radius 1 is 1.00 bits per heavy atom. The number of benzene rings is 1. The second-order valence-corrected chi connectivity index (χ2v) is 8.07. The SMILES string of the molecule is O=C(NC(=O)c1c(F)cccc1F)NC12C3C4C1C1C2C3C41Cl. The standard InChI is InChI=1S/C16H11ClF2N2O2/c17-15-7-10-8(15)12-9(15)11(7)16(10,12)21-14(23)20-13(22)6-4(18)2-1-3-5(6)19/h1-3,7-12H,(H2,20,21,22,23).